The maximum absolute atomic E-state index is 12.7. The summed E-state index contributed by atoms with van der Waals surface area (Å²) >= 11 is 0. The van der Waals surface area contributed by atoms with Crippen LogP contribution in [-0.2, 0) is 10.0 Å². The van der Waals surface area contributed by atoms with Gasteiger partial charge in [0.15, 0.2) is 4.90 Å². The molecule has 1 N–H and O–H groups in total. The zero-order valence-electron chi connectivity index (χ0n) is 11.4. The van der Waals surface area contributed by atoms with Gasteiger partial charge in [0.05, 0.1) is 4.92 Å². The summed E-state index contributed by atoms with van der Waals surface area (Å²) < 4.78 is 26.9. The Hall–Kier alpha value is -1.51. The summed E-state index contributed by atoms with van der Waals surface area (Å²) in [7, 11) is -3.83. The fraction of sp³-hybridized carbons (Fsp3) is 0.538. The van der Waals surface area contributed by atoms with Crippen molar-refractivity contribution in [2.75, 3.05) is 13.1 Å². The van der Waals surface area contributed by atoms with Crippen LogP contribution in [0.3, 0.4) is 0 Å². The van der Waals surface area contributed by atoms with Gasteiger partial charge in [0.25, 0.3) is 5.69 Å². The molecule has 2 fully saturated rings. The molecule has 0 radical (unpaired) electrons. The summed E-state index contributed by atoms with van der Waals surface area (Å²) in [6, 6.07) is 5.83. The number of piperidine rings is 1. The maximum Gasteiger partial charge on any atom is 0.289 e. The van der Waals surface area contributed by atoms with E-state index in [1.54, 1.807) is 0 Å². The van der Waals surface area contributed by atoms with Gasteiger partial charge in [0.2, 0.25) is 10.0 Å². The molecule has 1 aromatic carbocycles. The van der Waals surface area contributed by atoms with Gasteiger partial charge in [-0.05, 0) is 18.9 Å². The summed E-state index contributed by atoms with van der Waals surface area (Å²) in [6.45, 7) is 0.760. The first-order valence-corrected chi connectivity index (χ1v) is 8.42. The first-order valence-electron chi connectivity index (χ1n) is 6.98. The molecule has 7 nitrogen and oxygen atoms in total. The number of piperazine rings is 1. The second kappa shape index (κ2) is 5.36. The van der Waals surface area contributed by atoms with Gasteiger partial charge in [-0.15, -0.1) is 0 Å². The monoisotopic (exact) mass is 311 g/mol. The van der Waals surface area contributed by atoms with Gasteiger partial charge in [-0.1, -0.05) is 18.6 Å². The van der Waals surface area contributed by atoms with Crippen molar-refractivity contribution in [2.45, 2.75) is 36.2 Å². The van der Waals surface area contributed by atoms with Gasteiger partial charge in [0, 0.05) is 31.2 Å². The minimum atomic E-state index is -3.83. The standard InChI is InChI=1S/C13H17N3O4S/c17-16(18)12-6-1-2-7-13(12)21(19,20)15-8-10-4-3-5-11(9-15)14-10/h1-2,6-7,10-11,14H,3-5,8-9H2. The molecule has 3 rings (SSSR count). The zero-order valence-corrected chi connectivity index (χ0v) is 12.3. The number of nitro groups is 1. The van der Waals surface area contributed by atoms with E-state index in [0.717, 1.165) is 19.3 Å². The minimum absolute atomic E-state index is 0.148. The Balaban J connectivity index is 1.96. The van der Waals surface area contributed by atoms with Gasteiger partial charge in [-0.25, -0.2) is 8.42 Å². The van der Waals surface area contributed by atoms with E-state index in [2.05, 4.69) is 5.32 Å². The Morgan fingerprint density at radius 1 is 1.19 bits per heavy atom. The summed E-state index contributed by atoms with van der Waals surface area (Å²) in [5.74, 6) is 0. The summed E-state index contributed by atoms with van der Waals surface area (Å²) in [5.41, 5.74) is -0.360. The van der Waals surface area contributed by atoms with Crippen LogP contribution in [0.5, 0.6) is 0 Å². The van der Waals surface area contributed by atoms with Crippen LogP contribution >= 0.6 is 0 Å². The molecule has 2 unspecified atom stereocenters. The molecule has 0 aliphatic carbocycles. The average molecular weight is 311 g/mol. The Morgan fingerprint density at radius 2 is 1.81 bits per heavy atom. The molecule has 0 amide bonds. The van der Waals surface area contributed by atoms with Crippen molar-refractivity contribution in [3.05, 3.63) is 34.4 Å². The molecule has 0 spiro atoms. The van der Waals surface area contributed by atoms with Crippen molar-refractivity contribution >= 4 is 15.7 Å². The van der Waals surface area contributed by atoms with E-state index in [0.29, 0.717) is 13.1 Å². The predicted molar refractivity (Wildman–Crippen MR) is 76.4 cm³/mol. The Labute approximate surface area is 123 Å². The van der Waals surface area contributed by atoms with Crippen molar-refractivity contribution < 1.29 is 13.3 Å². The van der Waals surface area contributed by atoms with E-state index in [4.69, 9.17) is 0 Å². The van der Waals surface area contributed by atoms with Crippen LogP contribution in [0.25, 0.3) is 0 Å². The quantitative estimate of drug-likeness (QED) is 0.667. The van der Waals surface area contributed by atoms with Crippen LogP contribution in [0.2, 0.25) is 0 Å². The summed E-state index contributed by atoms with van der Waals surface area (Å²) in [4.78, 5) is 10.2. The first-order chi connectivity index (χ1) is 9.98. The molecule has 2 atom stereocenters. The topological polar surface area (TPSA) is 92.5 Å². The average Bonchev–Trinajstić information content (AvgIpc) is 2.46. The number of hydrogen-bond acceptors (Lipinski definition) is 5. The maximum atomic E-state index is 12.7. The fourth-order valence-electron chi connectivity index (χ4n) is 3.13. The highest BCUT2D eigenvalue weighted by Gasteiger charge is 2.38. The zero-order chi connectivity index (χ0) is 15.0. The van der Waals surface area contributed by atoms with Crippen LogP contribution in [0.4, 0.5) is 5.69 Å². The molecule has 2 bridgehead atoms. The molecule has 8 heteroatoms. The number of nitrogens with zero attached hydrogens (tertiary/aromatic N) is 2. The van der Waals surface area contributed by atoms with E-state index in [-0.39, 0.29) is 22.7 Å². The third-order valence-electron chi connectivity index (χ3n) is 4.10. The van der Waals surface area contributed by atoms with Crippen LogP contribution in [0.1, 0.15) is 19.3 Å². The largest absolute Gasteiger partial charge is 0.309 e. The van der Waals surface area contributed by atoms with Gasteiger partial charge in [-0.2, -0.15) is 4.31 Å². The van der Waals surface area contributed by atoms with Gasteiger partial charge < -0.3 is 5.32 Å². The van der Waals surface area contributed by atoms with Crippen LogP contribution in [0.15, 0.2) is 29.2 Å². The molecule has 21 heavy (non-hydrogen) atoms. The van der Waals surface area contributed by atoms with Gasteiger partial charge in [-0.3, -0.25) is 10.1 Å². The summed E-state index contributed by atoms with van der Waals surface area (Å²) in [5, 5.41) is 14.5. The normalized spacial score (nSPS) is 26.5. The number of sulfonamides is 1. The number of nitro benzene ring substituents is 1. The molecular weight excluding hydrogens is 294 g/mol. The Bertz CT molecular complexity index is 649. The number of hydrogen-bond donors (Lipinski definition) is 1. The summed E-state index contributed by atoms with van der Waals surface area (Å²) in [6.07, 6.45) is 2.99. The van der Waals surface area contributed by atoms with Crippen molar-refractivity contribution in [3.8, 4) is 0 Å². The second-order valence-corrected chi connectivity index (χ2v) is 7.44. The lowest BCUT2D eigenvalue weighted by atomic mass is 9.96. The molecule has 114 valence electrons. The molecule has 2 heterocycles. The third kappa shape index (κ3) is 2.66. The smallest absolute Gasteiger partial charge is 0.289 e. The number of benzene rings is 1. The Kier molecular flexibility index (Phi) is 3.68. The fourth-order valence-corrected chi connectivity index (χ4v) is 4.81. The lowest BCUT2D eigenvalue weighted by Gasteiger charge is -2.41. The molecule has 0 saturated carbocycles. The predicted octanol–water partition coefficient (Wildman–Crippen LogP) is 1.11. The van der Waals surface area contributed by atoms with Gasteiger partial charge in [0.1, 0.15) is 0 Å². The lowest BCUT2D eigenvalue weighted by molar-refractivity contribution is -0.387. The van der Waals surface area contributed by atoms with E-state index in [1.807, 2.05) is 0 Å². The molecule has 2 aliphatic heterocycles. The molecule has 1 aromatic rings. The number of rotatable bonds is 3. The van der Waals surface area contributed by atoms with Gasteiger partial charge >= 0.3 is 0 Å². The second-order valence-electron chi connectivity index (χ2n) is 5.54. The van der Waals surface area contributed by atoms with Crippen LogP contribution in [0, 0.1) is 10.1 Å². The minimum Gasteiger partial charge on any atom is -0.309 e. The van der Waals surface area contributed by atoms with Crippen molar-refractivity contribution in [1.82, 2.24) is 9.62 Å². The highest BCUT2D eigenvalue weighted by molar-refractivity contribution is 7.89. The molecule has 0 aromatic heterocycles. The highest BCUT2D eigenvalue weighted by atomic mass is 32.2. The van der Waals surface area contributed by atoms with Crippen molar-refractivity contribution in [3.63, 3.8) is 0 Å². The van der Waals surface area contributed by atoms with Crippen molar-refractivity contribution in [1.29, 1.82) is 0 Å². The Morgan fingerprint density at radius 3 is 2.43 bits per heavy atom. The number of para-hydroxylation sites is 1. The number of fused-ring (bicyclic) bond motifs is 2. The lowest BCUT2D eigenvalue weighted by Crippen LogP contribution is -2.59. The molecule has 2 saturated heterocycles. The highest BCUT2D eigenvalue weighted by Crippen LogP contribution is 2.29. The number of nitrogens with one attached hydrogen (secondary N) is 1. The SMILES string of the molecule is O=[N+]([O-])c1ccccc1S(=O)(=O)N1CC2CCCC(C1)N2. The van der Waals surface area contributed by atoms with Crippen molar-refractivity contribution in [2.24, 2.45) is 0 Å². The van der Waals surface area contributed by atoms with E-state index >= 15 is 0 Å². The molecule has 2 aliphatic rings. The first kappa shape index (κ1) is 14.4. The van der Waals surface area contributed by atoms with E-state index in [9.17, 15) is 18.5 Å². The molecular formula is C13H17N3O4S. The van der Waals surface area contributed by atoms with E-state index < -0.39 is 14.9 Å². The van der Waals surface area contributed by atoms with E-state index in [1.165, 1.54) is 28.6 Å². The third-order valence-corrected chi connectivity index (χ3v) is 5.98. The van der Waals surface area contributed by atoms with Crippen LogP contribution < -0.4 is 5.32 Å². The van der Waals surface area contributed by atoms with Crippen LogP contribution in [-0.4, -0.2) is 42.8 Å².